The molecule has 2 unspecified atom stereocenters. The number of aryl methyl sites for hydroxylation is 1. The van der Waals surface area contributed by atoms with E-state index >= 15 is 0 Å². The van der Waals surface area contributed by atoms with Gasteiger partial charge in [-0.25, -0.2) is 4.98 Å². The average Bonchev–Trinajstić information content (AvgIpc) is 2.71. The maximum absolute atomic E-state index is 4.52. The highest BCUT2D eigenvalue weighted by Gasteiger charge is 2.46. The number of H-pyrrole nitrogens is 1. The van der Waals surface area contributed by atoms with Crippen molar-refractivity contribution in [1.29, 1.82) is 0 Å². The van der Waals surface area contributed by atoms with Gasteiger partial charge >= 0.3 is 0 Å². The van der Waals surface area contributed by atoms with Gasteiger partial charge in [0.2, 0.25) is 0 Å². The van der Waals surface area contributed by atoms with E-state index in [2.05, 4.69) is 40.5 Å². The lowest BCUT2D eigenvalue weighted by molar-refractivity contribution is -0.101. The molecule has 0 spiro atoms. The summed E-state index contributed by atoms with van der Waals surface area (Å²) in [4.78, 5) is 13.0. The Balaban J connectivity index is 1.62. The van der Waals surface area contributed by atoms with Crippen LogP contribution >= 0.6 is 0 Å². The van der Waals surface area contributed by atoms with E-state index in [9.17, 15) is 0 Å². The van der Waals surface area contributed by atoms with Crippen molar-refractivity contribution in [2.75, 3.05) is 13.1 Å². The van der Waals surface area contributed by atoms with Crippen LogP contribution in [-0.4, -0.2) is 50.5 Å². The highest BCUT2D eigenvalue weighted by Crippen LogP contribution is 2.35. The third-order valence-corrected chi connectivity index (χ3v) is 4.38. The summed E-state index contributed by atoms with van der Waals surface area (Å²) in [5.74, 6) is 1.12. The number of likely N-dealkylation sites (tertiary alicyclic amines) is 2. The molecule has 3 heterocycles. The minimum Gasteiger partial charge on any atom is -0.347 e. The summed E-state index contributed by atoms with van der Waals surface area (Å²) in [7, 11) is 0. The Hall–Kier alpha value is -0.870. The predicted molar refractivity (Wildman–Crippen MR) is 72.4 cm³/mol. The van der Waals surface area contributed by atoms with Crippen LogP contribution in [0.4, 0.5) is 0 Å². The fraction of sp³-hybridized carbons (Fsp3) is 0.786. The minimum absolute atomic E-state index is 0.310. The first-order chi connectivity index (χ1) is 8.43. The van der Waals surface area contributed by atoms with E-state index in [1.807, 2.05) is 13.1 Å². The van der Waals surface area contributed by atoms with E-state index in [0.717, 1.165) is 30.1 Å². The second kappa shape index (κ2) is 4.07. The quantitative estimate of drug-likeness (QED) is 0.866. The molecule has 2 fully saturated rings. The zero-order valence-corrected chi connectivity index (χ0v) is 11.9. The number of hydrogen-bond donors (Lipinski definition) is 1. The molecule has 2 bridgehead atoms. The van der Waals surface area contributed by atoms with Crippen LogP contribution in [0, 0.1) is 6.92 Å². The summed E-state index contributed by atoms with van der Waals surface area (Å²) >= 11 is 0. The number of nitrogens with zero attached hydrogens (tertiary/aromatic N) is 3. The molecule has 2 aliphatic rings. The van der Waals surface area contributed by atoms with E-state index in [0.29, 0.717) is 5.54 Å². The van der Waals surface area contributed by atoms with Crippen LogP contribution in [0.25, 0.3) is 0 Å². The molecule has 100 valence electrons. The summed E-state index contributed by atoms with van der Waals surface area (Å²) in [6.45, 7) is 12.4. The van der Waals surface area contributed by atoms with Gasteiger partial charge in [0.15, 0.2) is 0 Å². The summed E-state index contributed by atoms with van der Waals surface area (Å²) in [5.41, 5.74) is 1.40. The number of imidazole rings is 1. The molecule has 2 aliphatic heterocycles. The molecule has 0 aliphatic carbocycles. The van der Waals surface area contributed by atoms with Crippen LogP contribution in [0.5, 0.6) is 0 Å². The maximum atomic E-state index is 4.52. The van der Waals surface area contributed by atoms with E-state index in [1.165, 1.54) is 19.5 Å². The van der Waals surface area contributed by atoms with Crippen molar-refractivity contribution in [1.82, 2.24) is 19.8 Å². The summed E-state index contributed by atoms with van der Waals surface area (Å²) in [5, 5.41) is 0. The molecule has 3 rings (SSSR count). The Morgan fingerprint density at radius 1 is 1.33 bits per heavy atom. The number of rotatable bonds is 2. The first kappa shape index (κ1) is 12.2. The standard InChI is InChI=1S/C14H24N4/c1-10-6-15-13(16-10)9-18-11-5-12(18)8-17(7-11)14(2,3)4/h6,11-12H,5,7-9H2,1-4H3,(H,15,16). The number of piperazine rings is 1. The first-order valence-corrected chi connectivity index (χ1v) is 6.95. The van der Waals surface area contributed by atoms with Gasteiger partial charge in [0.25, 0.3) is 0 Å². The molecule has 2 atom stereocenters. The van der Waals surface area contributed by atoms with Gasteiger partial charge in [-0.1, -0.05) is 0 Å². The third-order valence-electron chi connectivity index (χ3n) is 4.38. The SMILES string of the molecule is Cc1c[nH]c(CN2C3CC2CN(C(C)(C)C)C3)n1. The van der Waals surface area contributed by atoms with Crippen molar-refractivity contribution in [3.63, 3.8) is 0 Å². The summed E-state index contributed by atoms with van der Waals surface area (Å²) in [6, 6.07) is 1.46. The molecule has 0 saturated carbocycles. The third kappa shape index (κ3) is 2.08. The van der Waals surface area contributed by atoms with E-state index in [1.54, 1.807) is 0 Å². The molecule has 1 aromatic rings. The van der Waals surface area contributed by atoms with Crippen molar-refractivity contribution < 1.29 is 0 Å². The fourth-order valence-electron chi connectivity index (χ4n) is 3.21. The number of aromatic nitrogens is 2. The van der Waals surface area contributed by atoms with Gasteiger partial charge in [-0.05, 0) is 34.1 Å². The van der Waals surface area contributed by atoms with Crippen LogP contribution in [0.3, 0.4) is 0 Å². The van der Waals surface area contributed by atoms with E-state index in [4.69, 9.17) is 0 Å². The van der Waals surface area contributed by atoms with Crippen LogP contribution in [0.1, 0.15) is 38.7 Å². The predicted octanol–water partition coefficient (Wildman–Crippen LogP) is 1.78. The second-order valence-electron chi connectivity index (χ2n) is 6.78. The van der Waals surface area contributed by atoms with Gasteiger partial charge < -0.3 is 4.98 Å². The molecule has 18 heavy (non-hydrogen) atoms. The van der Waals surface area contributed by atoms with Gasteiger partial charge in [0.1, 0.15) is 5.82 Å². The van der Waals surface area contributed by atoms with Crippen molar-refractivity contribution in [3.05, 3.63) is 17.7 Å². The van der Waals surface area contributed by atoms with Gasteiger partial charge in [0.05, 0.1) is 12.2 Å². The Morgan fingerprint density at radius 2 is 2.00 bits per heavy atom. The normalized spacial score (nSPS) is 29.3. The zero-order valence-electron chi connectivity index (χ0n) is 11.9. The van der Waals surface area contributed by atoms with Crippen LogP contribution in [-0.2, 0) is 6.54 Å². The molecule has 1 aromatic heterocycles. The molecule has 0 aromatic carbocycles. The minimum atomic E-state index is 0.310. The molecule has 1 N–H and O–H groups in total. The number of fused-ring (bicyclic) bond motifs is 2. The van der Waals surface area contributed by atoms with Gasteiger partial charge in [-0.15, -0.1) is 0 Å². The number of aromatic amines is 1. The van der Waals surface area contributed by atoms with Crippen LogP contribution in [0.15, 0.2) is 6.20 Å². The average molecular weight is 248 g/mol. The van der Waals surface area contributed by atoms with Gasteiger partial charge in [-0.2, -0.15) is 0 Å². The number of nitrogens with one attached hydrogen (secondary N) is 1. The van der Waals surface area contributed by atoms with Crippen molar-refractivity contribution in [2.24, 2.45) is 0 Å². The Morgan fingerprint density at radius 3 is 2.50 bits per heavy atom. The van der Waals surface area contributed by atoms with Crippen LogP contribution in [0.2, 0.25) is 0 Å². The lowest BCUT2D eigenvalue weighted by atomic mass is 9.85. The van der Waals surface area contributed by atoms with Crippen LogP contribution < -0.4 is 0 Å². The van der Waals surface area contributed by atoms with Gasteiger partial charge in [-0.3, -0.25) is 9.80 Å². The molecule has 4 heteroatoms. The van der Waals surface area contributed by atoms with Gasteiger partial charge in [0, 0.05) is 36.9 Å². The number of hydrogen-bond acceptors (Lipinski definition) is 3. The molecular weight excluding hydrogens is 224 g/mol. The lowest BCUT2D eigenvalue weighted by Gasteiger charge is -2.59. The Bertz CT molecular complexity index is 419. The molecule has 0 radical (unpaired) electrons. The maximum Gasteiger partial charge on any atom is 0.120 e. The van der Waals surface area contributed by atoms with Crippen molar-refractivity contribution >= 4 is 0 Å². The molecule has 4 nitrogen and oxygen atoms in total. The zero-order chi connectivity index (χ0) is 12.9. The smallest absolute Gasteiger partial charge is 0.120 e. The van der Waals surface area contributed by atoms with Crippen molar-refractivity contribution in [3.8, 4) is 0 Å². The fourth-order valence-corrected chi connectivity index (χ4v) is 3.21. The van der Waals surface area contributed by atoms with Crippen molar-refractivity contribution in [2.45, 2.75) is 58.3 Å². The monoisotopic (exact) mass is 248 g/mol. The molecular formula is C14H24N4. The number of piperidine rings is 1. The molecule has 2 saturated heterocycles. The summed E-state index contributed by atoms with van der Waals surface area (Å²) in [6.07, 6.45) is 3.36. The Labute approximate surface area is 109 Å². The van der Waals surface area contributed by atoms with E-state index < -0.39 is 0 Å². The lowest BCUT2D eigenvalue weighted by Crippen LogP contribution is -2.70. The summed E-state index contributed by atoms with van der Waals surface area (Å²) < 4.78 is 0. The Kier molecular flexibility index (Phi) is 2.75. The van der Waals surface area contributed by atoms with E-state index in [-0.39, 0.29) is 0 Å². The second-order valence-corrected chi connectivity index (χ2v) is 6.78. The topological polar surface area (TPSA) is 35.2 Å². The highest BCUT2D eigenvalue weighted by atomic mass is 15.4. The highest BCUT2D eigenvalue weighted by molar-refractivity contribution is 5.06. The first-order valence-electron chi connectivity index (χ1n) is 6.95. The molecule has 0 amide bonds. The largest absolute Gasteiger partial charge is 0.347 e.